The predicted octanol–water partition coefficient (Wildman–Crippen LogP) is 3.71. The highest BCUT2D eigenvalue weighted by molar-refractivity contribution is 6.06. The molecule has 0 spiro atoms. The second kappa shape index (κ2) is 9.02. The van der Waals surface area contributed by atoms with Crippen molar-refractivity contribution < 1.29 is 9.53 Å². The summed E-state index contributed by atoms with van der Waals surface area (Å²) in [5.41, 5.74) is 5.19. The fourth-order valence-corrected chi connectivity index (χ4v) is 4.52. The molecule has 0 aromatic heterocycles. The zero-order valence-corrected chi connectivity index (χ0v) is 16.6. The predicted molar refractivity (Wildman–Crippen MR) is 102 cm³/mol. The largest absolute Gasteiger partial charge is 0.375 e. The Hall–Kier alpha value is -1.10. The number of nitrogens with zero attached hydrogens (tertiary/aromatic N) is 2. The van der Waals surface area contributed by atoms with E-state index in [2.05, 4.69) is 11.9 Å². The van der Waals surface area contributed by atoms with Gasteiger partial charge in [0, 0.05) is 7.05 Å². The Labute approximate surface area is 153 Å². The van der Waals surface area contributed by atoms with E-state index in [9.17, 15) is 4.79 Å². The van der Waals surface area contributed by atoms with E-state index >= 15 is 0 Å². The lowest BCUT2D eigenvalue weighted by Gasteiger charge is -2.32. The van der Waals surface area contributed by atoms with Crippen LogP contribution in [0.5, 0.6) is 0 Å². The minimum Gasteiger partial charge on any atom is -0.375 e. The van der Waals surface area contributed by atoms with Crippen LogP contribution in [0.15, 0.2) is 4.99 Å². The second-order valence-corrected chi connectivity index (χ2v) is 7.83. The van der Waals surface area contributed by atoms with Crippen molar-refractivity contribution in [3.63, 3.8) is 0 Å². The molecule has 2 N–H and O–H groups in total. The SMILES string of the molecule is CC.CC1CCCC1OCC1(CC2CCCCC2)N=C(N)N(C)C1=O. The van der Waals surface area contributed by atoms with Crippen LogP contribution in [0.3, 0.4) is 0 Å². The minimum atomic E-state index is -0.775. The first-order valence-corrected chi connectivity index (χ1v) is 10.3. The maximum atomic E-state index is 12.8. The minimum absolute atomic E-state index is 0.0197. The van der Waals surface area contributed by atoms with Crippen LogP contribution in [0.4, 0.5) is 0 Å². The maximum absolute atomic E-state index is 12.8. The topological polar surface area (TPSA) is 67.9 Å². The quantitative estimate of drug-likeness (QED) is 0.821. The Morgan fingerprint density at radius 3 is 2.36 bits per heavy atom. The molecule has 1 aliphatic heterocycles. The summed E-state index contributed by atoms with van der Waals surface area (Å²) < 4.78 is 6.20. The first-order valence-electron chi connectivity index (χ1n) is 10.3. The third kappa shape index (κ3) is 4.55. The summed E-state index contributed by atoms with van der Waals surface area (Å²) in [6, 6.07) is 0. The van der Waals surface area contributed by atoms with Gasteiger partial charge in [-0.15, -0.1) is 0 Å². The number of carbonyl (C=O) groups is 1. The Bertz CT molecular complexity index is 474. The van der Waals surface area contributed by atoms with Crippen molar-refractivity contribution in [3.05, 3.63) is 0 Å². The van der Waals surface area contributed by atoms with Crippen LogP contribution in [0.1, 0.15) is 78.6 Å². The van der Waals surface area contributed by atoms with Crippen LogP contribution in [-0.4, -0.2) is 42.1 Å². The monoisotopic (exact) mass is 351 g/mol. The van der Waals surface area contributed by atoms with Crippen molar-refractivity contribution in [1.29, 1.82) is 0 Å². The summed E-state index contributed by atoms with van der Waals surface area (Å²) >= 11 is 0. The summed E-state index contributed by atoms with van der Waals surface area (Å²) in [7, 11) is 1.72. The Balaban J connectivity index is 0.00000109. The molecule has 3 unspecified atom stereocenters. The van der Waals surface area contributed by atoms with Gasteiger partial charge in [0.25, 0.3) is 5.91 Å². The van der Waals surface area contributed by atoms with Gasteiger partial charge in [0.15, 0.2) is 11.5 Å². The van der Waals surface area contributed by atoms with E-state index in [1.807, 2.05) is 13.8 Å². The van der Waals surface area contributed by atoms with Crippen molar-refractivity contribution in [2.45, 2.75) is 90.2 Å². The number of hydrogen-bond acceptors (Lipinski definition) is 4. The normalized spacial score (nSPS) is 33.2. The smallest absolute Gasteiger partial charge is 0.259 e. The van der Waals surface area contributed by atoms with Gasteiger partial charge in [0.05, 0.1) is 12.7 Å². The number of likely N-dealkylation sites (N-methyl/N-ethyl adjacent to an activating group) is 1. The van der Waals surface area contributed by atoms with Crippen molar-refractivity contribution >= 4 is 11.9 Å². The summed E-state index contributed by atoms with van der Waals surface area (Å²) in [5.74, 6) is 1.51. The van der Waals surface area contributed by atoms with Crippen molar-refractivity contribution in [2.75, 3.05) is 13.7 Å². The average molecular weight is 352 g/mol. The first kappa shape index (κ1) is 20.2. The van der Waals surface area contributed by atoms with E-state index < -0.39 is 5.54 Å². The fourth-order valence-electron chi connectivity index (χ4n) is 4.52. The van der Waals surface area contributed by atoms with Crippen LogP contribution in [0, 0.1) is 11.8 Å². The lowest BCUT2D eigenvalue weighted by Crippen LogP contribution is -2.47. The van der Waals surface area contributed by atoms with E-state index in [-0.39, 0.29) is 12.0 Å². The van der Waals surface area contributed by atoms with Crippen LogP contribution >= 0.6 is 0 Å². The molecule has 1 amide bonds. The maximum Gasteiger partial charge on any atom is 0.259 e. The number of amides is 1. The molecule has 5 heteroatoms. The zero-order chi connectivity index (χ0) is 18.4. The number of rotatable bonds is 5. The molecule has 1 heterocycles. The lowest BCUT2D eigenvalue weighted by molar-refractivity contribution is -0.134. The molecule has 2 saturated carbocycles. The van der Waals surface area contributed by atoms with E-state index in [1.54, 1.807) is 7.05 Å². The molecule has 3 atom stereocenters. The van der Waals surface area contributed by atoms with Crippen molar-refractivity contribution in [2.24, 2.45) is 22.6 Å². The van der Waals surface area contributed by atoms with Gasteiger partial charge in [-0.1, -0.05) is 59.3 Å². The third-order valence-corrected chi connectivity index (χ3v) is 6.05. The molecule has 3 aliphatic rings. The Kier molecular flexibility index (Phi) is 7.29. The number of carbonyl (C=O) groups excluding carboxylic acids is 1. The van der Waals surface area contributed by atoms with E-state index in [0.29, 0.717) is 24.4 Å². The summed E-state index contributed by atoms with van der Waals surface area (Å²) in [5, 5.41) is 0. The molecule has 0 radical (unpaired) electrons. The molecule has 0 aromatic rings. The van der Waals surface area contributed by atoms with Gasteiger partial charge in [0.1, 0.15) is 0 Å². The van der Waals surface area contributed by atoms with E-state index in [1.165, 1.54) is 49.8 Å². The molecule has 0 bridgehead atoms. The number of guanidine groups is 1. The second-order valence-electron chi connectivity index (χ2n) is 7.83. The van der Waals surface area contributed by atoms with Gasteiger partial charge in [-0.3, -0.25) is 9.69 Å². The molecular weight excluding hydrogens is 314 g/mol. The van der Waals surface area contributed by atoms with E-state index in [4.69, 9.17) is 10.5 Å². The van der Waals surface area contributed by atoms with Crippen LogP contribution < -0.4 is 5.73 Å². The van der Waals surface area contributed by atoms with Crippen LogP contribution in [0.25, 0.3) is 0 Å². The molecule has 0 aromatic carbocycles. The van der Waals surface area contributed by atoms with Crippen LogP contribution in [0.2, 0.25) is 0 Å². The standard InChI is InChI=1S/C18H31N3O2.C2H6/c1-13-7-6-10-15(13)23-12-18(11-14-8-4-3-5-9-14)16(22)21(2)17(19)20-18;1-2/h13-15H,3-12H2,1-2H3,(H2,19,20);1-2H3. The van der Waals surface area contributed by atoms with Crippen LogP contribution in [-0.2, 0) is 9.53 Å². The molecule has 3 rings (SSSR count). The Morgan fingerprint density at radius 1 is 1.16 bits per heavy atom. The number of ether oxygens (including phenoxy) is 1. The Morgan fingerprint density at radius 2 is 1.84 bits per heavy atom. The highest BCUT2D eigenvalue weighted by atomic mass is 16.5. The molecule has 25 heavy (non-hydrogen) atoms. The molecule has 2 fully saturated rings. The van der Waals surface area contributed by atoms with Gasteiger partial charge in [-0.25, -0.2) is 4.99 Å². The van der Waals surface area contributed by atoms with Gasteiger partial charge >= 0.3 is 0 Å². The van der Waals surface area contributed by atoms with E-state index in [0.717, 1.165) is 12.8 Å². The summed E-state index contributed by atoms with van der Waals surface area (Å²) in [6.07, 6.45) is 10.9. The molecule has 144 valence electrons. The highest BCUT2D eigenvalue weighted by Crippen LogP contribution is 2.37. The molecule has 2 aliphatic carbocycles. The van der Waals surface area contributed by atoms with Gasteiger partial charge in [0.2, 0.25) is 0 Å². The molecular formula is C20H37N3O2. The summed E-state index contributed by atoms with van der Waals surface area (Å²) in [4.78, 5) is 19.0. The molecule has 5 nitrogen and oxygen atoms in total. The highest BCUT2D eigenvalue weighted by Gasteiger charge is 2.48. The van der Waals surface area contributed by atoms with Gasteiger partial charge in [-0.2, -0.15) is 0 Å². The van der Waals surface area contributed by atoms with Gasteiger partial charge in [-0.05, 0) is 31.1 Å². The number of hydrogen-bond donors (Lipinski definition) is 1. The number of aliphatic imine (C=N–C) groups is 1. The zero-order valence-electron chi connectivity index (χ0n) is 16.6. The van der Waals surface area contributed by atoms with Gasteiger partial charge < -0.3 is 10.5 Å². The van der Waals surface area contributed by atoms with Crippen molar-refractivity contribution in [3.8, 4) is 0 Å². The lowest BCUT2D eigenvalue weighted by atomic mass is 9.79. The third-order valence-electron chi connectivity index (χ3n) is 6.05. The molecule has 0 saturated heterocycles. The average Bonchev–Trinajstić information content (AvgIpc) is 3.13. The summed E-state index contributed by atoms with van der Waals surface area (Å²) in [6.45, 7) is 6.63. The van der Waals surface area contributed by atoms with Crippen molar-refractivity contribution in [1.82, 2.24) is 4.90 Å². The number of nitrogens with two attached hydrogens (primary N) is 1. The fraction of sp³-hybridized carbons (Fsp3) is 0.900. The first-order chi connectivity index (χ1) is 12.0.